The molecule has 3 heteroatoms. The van der Waals surface area contributed by atoms with E-state index in [9.17, 15) is 0 Å². The van der Waals surface area contributed by atoms with E-state index in [2.05, 4.69) is 83.8 Å². The van der Waals surface area contributed by atoms with Crippen molar-refractivity contribution in [3.05, 3.63) is 131 Å². The number of hydrogen-bond donors (Lipinski definition) is 0. The van der Waals surface area contributed by atoms with Crippen LogP contribution in [0.4, 0.5) is 0 Å². The number of nitrogens with zero attached hydrogens (tertiary/aromatic N) is 2. The zero-order valence-electron chi connectivity index (χ0n) is 16.1. The SMILES string of the molecule is Clc1ccc2c(c1)C(c1ccccc1)(c1ccc3cnccc3n1)c1ccccc1-2. The van der Waals surface area contributed by atoms with Crippen molar-refractivity contribution in [2.75, 3.05) is 0 Å². The summed E-state index contributed by atoms with van der Waals surface area (Å²) in [6.45, 7) is 0. The van der Waals surface area contributed by atoms with E-state index in [0.717, 1.165) is 21.6 Å². The van der Waals surface area contributed by atoms with Crippen molar-refractivity contribution in [1.82, 2.24) is 9.97 Å². The first kappa shape index (κ1) is 17.4. The van der Waals surface area contributed by atoms with Gasteiger partial charge in [-0.15, -0.1) is 0 Å². The smallest absolute Gasteiger partial charge is 0.0886 e. The van der Waals surface area contributed by atoms with Crippen LogP contribution < -0.4 is 0 Å². The van der Waals surface area contributed by atoms with Gasteiger partial charge in [0.2, 0.25) is 0 Å². The molecule has 0 saturated carbocycles. The maximum Gasteiger partial charge on any atom is 0.0886 e. The zero-order chi connectivity index (χ0) is 20.1. The zero-order valence-corrected chi connectivity index (χ0v) is 16.8. The lowest BCUT2D eigenvalue weighted by Gasteiger charge is -2.32. The number of pyridine rings is 2. The summed E-state index contributed by atoms with van der Waals surface area (Å²) in [5.74, 6) is 0. The lowest BCUT2D eigenvalue weighted by molar-refractivity contribution is 0.739. The molecule has 1 aliphatic rings. The second kappa shape index (κ2) is 6.51. The summed E-state index contributed by atoms with van der Waals surface area (Å²) in [5, 5.41) is 1.76. The Hall–Kier alpha value is -3.49. The van der Waals surface area contributed by atoms with Gasteiger partial charge in [0.15, 0.2) is 0 Å². The summed E-state index contributed by atoms with van der Waals surface area (Å²) in [7, 11) is 0. The summed E-state index contributed by atoms with van der Waals surface area (Å²) in [4.78, 5) is 9.39. The molecule has 0 fully saturated rings. The molecular formula is C27H17ClN2. The van der Waals surface area contributed by atoms with E-state index in [1.807, 2.05) is 18.3 Å². The predicted octanol–water partition coefficient (Wildman–Crippen LogP) is 6.65. The Balaban J connectivity index is 1.80. The average molecular weight is 405 g/mol. The van der Waals surface area contributed by atoms with Gasteiger partial charge in [0, 0.05) is 22.8 Å². The maximum absolute atomic E-state index is 6.53. The van der Waals surface area contributed by atoms with Gasteiger partial charge in [-0.2, -0.15) is 0 Å². The van der Waals surface area contributed by atoms with Gasteiger partial charge in [-0.3, -0.25) is 9.97 Å². The largest absolute Gasteiger partial charge is 0.264 e. The fraction of sp³-hybridized carbons (Fsp3) is 0.0370. The van der Waals surface area contributed by atoms with Crippen LogP contribution in [0.2, 0.25) is 5.02 Å². The number of halogens is 1. The van der Waals surface area contributed by atoms with E-state index >= 15 is 0 Å². The van der Waals surface area contributed by atoms with Gasteiger partial charge < -0.3 is 0 Å². The van der Waals surface area contributed by atoms with E-state index in [1.54, 1.807) is 6.20 Å². The highest BCUT2D eigenvalue weighted by atomic mass is 35.5. The molecule has 2 aromatic heterocycles. The van der Waals surface area contributed by atoms with Crippen LogP contribution in [0.3, 0.4) is 0 Å². The van der Waals surface area contributed by atoms with Crippen molar-refractivity contribution in [2.24, 2.45) is 0 Å². The molecule has 0 spiro atoms. The van der Waals surface area contributed by atoms with Gasteiger partial charge >= 0.3 is 0 Å². The number of benzene rings is 3. The monoisotopic (exact) mass is 404 g/mol. The van der Waals surface area contributed by atoms with E-state index in [0.29, 0.717) is 0 Å². The number of rotatable bonds is 2. The Morgan fingerprint density at radius 3 is 2.40 bits per heavy atom. The van der Waals surface area contributed by atoms with Crippen molar-refractivity contribution in [3.63, 3.8) is 0 Å². The molecule has 0 amide bonds. The Morgan fingerprint density at radius 1 is 0.700 bits per heavy atom. The van der Waals surface area contributed by atoms with E-state index < -0.39 is 5.41 Å². The number of hydrogen-bond acceptors (Lipinski definition) is 2. The van der Waals surface area contributed by atoms with Gasteiger partial charge in [-0.25, -0.2) is 0 Å². The van der Waals surface area contributed by atoms with Crippen molar-refractivity contribution >= 4 is 22.5 Å². The highest BCUT2D eigenvalue weighted by Gasteiger charge is 2.47. The summed E-state index contributed by atoms with van der Waals surface area (Å²) < 4.78 is 0. The number of fused-ring (bicyclic) bond motifs is 4. The standard InChI is InChI=1S/C27H17ClN2/c28-20-11-12-22-21-8-4-5-9-23(21)27(24(22)16-20,19-6-2-1-3-7-19)26-13-10-18-17-29-15-14-25(18)30-26/h1-17H. The Morgan fingerprint density at radius 2 is 1.50 bits per heavy atom. The van der Waals surface area contributed by atoms with Crippen LogP contribution in [0.1, 0.15) is 22.4 Å². The lowest BCUT2D eigenvalue weighted by Crippen LogP contribution is -2.29. The first-order valence-electron chi connectivity index (χ1n) is 9.95. The molecule has 3 aromatic carbocycles. The molecule has 0 N–H and O–H groups in total. The third-order valence-electron chi connectivity index (χ3n) is 6.09. The molecule has 0 bridgehead atoms. The summed E-state index contributed by atoms with van der Waals surface area (Å²) in [6.07, 6.45) is 3.65. The molecule has 2 nitrogen and oxygen atoms in total. The molecule has 1 atom stereocenters. The fourth-order valence-corrected chi connectivity index (χ4v) is 5.02. The van der Waals surface area contributed by atoms with Gasteiger partial charge in [0.1, 0.15) is 0 Å². The molecule has 2 heterocycles. The van der Waals surface area contributed by atoms with Gasteiger partial charge in [0.25, 0.3) is 0 Å². The third-order valence-corrected chi connectivity index (χ3v) is 6.32. The van der Waals surface area contributed by atoms with Crippen LogP contribution in [0.25, 0.3) is 22.0 Å². The fourth-order valence-electron chi connectivity index (χ4n) is 4.85. The van der Waals surface area contributed by atoms with Crippen molar-refractivity contribution in [2.45, 2.75) is 5.41 Å². The summed E-state index contributed by atoms with van der Waals surface area (Å²) in [6, 6.07) is 31.6. The molecule has 5 aromatic rings. The van der Waals surface area contributed by atoms with Crippen molar-refractivity contribution in [3.8, 4) is 11.1 Å². The van der Waals surface area contributed by atoms with Crippen LogP contribution >= 0.6 is 11.6 Å². The van der Waals surface area contributed by atoms with Crippen LogP contribution in [-0.4, -0.2) is 9.97 Å². The van der Waals surface area contributed by atoms with Gasteiger partial charge in [-0.05, 0) is 58.1 Å². The average Bonchev–Trinajstić information content (AvgIpc) is 3.09. The second-order valence-electron chi connectivity index (χ2n) is 7.62. The Bertz CT molecular complexity index is 1410. The molecule has 0 radical (unpaired) electrons. The first-order chi connectivity index (χ1) is 14.8. The van der Waals surface area contributed by atoms with Crippen LogP contribution in [0.5, 0.6) is 0 Å². The van der Waals surface area contributed by atoms with E-state index in [-0.39, 0.29) is 0 Å². The molecular weight excluding hydrogens is 388 g/mol. The molecule has 1 unspecified atom stereocenters. The topological polar surface area (TPSA) is 25.8 Å². The van der Waals surface area contributed by atoms with Crippen LogP contribution in [0.15, 0.2) is 103 Å². The maximum atomic E-state index is 6.53. The minimum absolute atomic E-state index is 0.532. The Labute approximate surface area is 179 Å². The lowest BCUT2D eigenvalue weighted by atomic mass is 9.70. The normalized spacial score (nSPS) is 17.0. The van der Waals surface area contributed by atoms with Crippen LogP contribution in [0, 0.1) is 0 Å². The third kappa shape index (κ3) is 2.31. The molecule has 30 heavy (non-hydrogen) atoms. The quantitative estimate of drug-likeness (QED) is 0.323. The number of aromatic nitrogens is 2. The summed E-state index contributed by atoms with van der Waals surface area (Å²) in [5.41, 5.74) is 7.40. The minimum atomic E-state index is -0.532. The highest BCUT2D eigenvalue weighted by molar-refractivity contribution is 6.30. The van der Waals surface area contributed by atoms with E-state index in [4.69, 9.17) is 16.6 Å². The molecule has 6 rings (SSSR count). The first-order valence-corrected chi connectivity index (χ1v) is 10.3. The molecule has 0 saturated heterocycles. The predicted molar refractivity (Wildman–Crippen MR) is 122 cm³/mol. The van der Waals surface area contributed by atoms with Crippen molar-refractivity contribution in [1.29, 1.82) is 0 Å². The second-order valence-corrected chi connectivity index (χ2v) is 8.05. The van der Waals surface area contributed by atoms with Gasteiger partial charge in [-0.1, -0.05) is 72.3 Å². The minimum Gasteiger partial charge on any atom is -0.264 e. The molecule has 0 aliphatic heterocycles. The van der Waals surface area contributed by atoms with Crippen molar-refractivity contribution < 1.29 is 0 Å². The summed E-state index contributed by atoms with van der Waals surface area (Å²) >= 11 is 6.53. The molecule has 1 aliphatic carbocycles. The highest BCUT2D eigenvalue weighted by Crippen LogP contribution is 2.56. The molecule has 142 valence electrons. The Kier molecular flexibility index (Phi) is 3.77. The van der Waals surface area contributed by atoms with E-state index in [1.165, 1.54) is 27.8 Å². The van der Waals surface area contributed by atoms with Crippen LogP contribution in [-0.2, 0) is 5.41 Å². The van der Waals surface area contributed by atoms with Gasteiger partial charge in [0.05, 0.1) is 16.6 Å².